The van der Waals surface area contributed by atoms with Gasteiger partial charge < -0.3 is 9.64 Å². The zero-order valence-electron chi connectivity index (χ0n) is 17.4. The molecule has 2 saturated heterocycles. The zero-order valence-corrected chi connectivity index (χ0v) is 17.4. The van der Waals surface area contributed by atoms with E-state index in [0.29, 0.717) is 18.7 Å². The first-order valence-electron chi connectivity index (χ1n) is 10.9. The van der Waals surface area contributed by atoms with Gasteiger partial charge in [-0.25, -0.2) is 4.68 Å². The minimum Gasteiger partial charge on any atom is -0.375 e. The lowest BCUT2D eigenvalue weighted by Crippen LogP contribution is -2.50. The van der Waals surface area contributed by atoms with E-state index in [-0.39, 0.29) is 18.0 Å². The molecule has 0 bridgehead atoms. The predicted molar refractivity (Wildman–Crippen MR) is 114 cm³/mol. The van der Waals surface area contributed by atoms with Gasteiger partial charge in [0.2, 0.25) is 5.91 Å². The van der Waals surface area contributed by atoms with Gasteiger partial charge in [-0.2, -0.15) is 5.10 Å². The van der Waals surface area contributed by atoms with Gasteiger partial charge in [-0.1, -0.05) is 30.3 Å². The molecule has 7 nitrogen and oxygen atoms in total. The summed E-state index contributed by atoms with van der Waals surface area (Å²) in [6.07, 6.45) is 5.86. The number of amides is 1. The van der Waals surface area contributed by atoms with E-state index in [1.165, 1.54) is 35.4 Å². The zero-order chi connectivity index (χ0) is 20.8. The lowest BCUT2D eigenvalue weighted by Gasteiger charge is -2.39. The fraction of sp³-hybridized carbons (Fsp3) is 0.522. The van der Waals surface area contributed by atoms with Crippen LogP contribution in [0.4, 0.5) is 0 Å². The fourth-order valence-corrected chi connectivity index (χ4v) is 4.59. The van der Waals surface area contributed by atoms with Gasteiger partial charge in [0.1, 0.15) is 6.54 Å². The van der Waals surface area contributed by atoms with Crippen LogP contribution in [0, 0.1) is 0 Å². The van der Waals surface area contributed by atoms with E-state index in [1.54, 1.807) is 6.07 Å². The Hall–Kier alpha value is -2.51. The Morgan fingerprint density at radius 2 is 1.83 bits per heavy atom. The lowest BCUT2D eigenvalue weighted by atomic mass is 10.0. The Bertz CT molecular complexity index is 877. The first-order chi connectivity index (χ1) is 14.7. The summed E-state index contributed by atoms with van der Waals surface area (Å²) >= 11 is 0. The third-order valence-electron chi connectivity index (χ3n) is 6.20. The summed E-state index contributed by atoms with van der Waals surface area (Å²) in [5.41, 5.74) is 0.969. The first kappa shape index (κ1) is 20.8. The molecule has 1 aromatic heterocycles. The summed E-state index contributed by atoms with van der Waals surface area (Å²) in [5.74, 6) is -0.0292. The summed E-state index contributed by atoms with van der Waals surface area (Å²) in [7, 11) is 0. The van der Waals surface area contributed by atoms with Crippen molar-refractivity contribution in [2.45, 2.75) is 50.9 Å². The summed E-state index contributed by atoms with van der Waals surface area (Å²) in [6.45, 7) is 4.02. The Morgan fingerprint density at radius 3 is 2.60 bits per heavy atom. The number of nitrogens with zero attached hydrogens (tertiary/aromatic N) is 4. The second kappa shape index (κ2) is 10.00. The normalized spacial score (nSPS) is 20.5. The van der Waals surface area contributed by atoms with Gasteiger partial charge in [0, 0.05) is 37.4 Å². The van der Waals surface area contributed by atoms with E-state index in [9.17, 15) is 9.59 Å². The van der Waals surface area contributed by atoms with E-state index < -0.39 is 0 Å². The fourth-order valence-electron chi connectivity index (χ4n) is 4.59. The van der Waals surface area contributed by atoms with Gasteiger partial charge in [0.05, 0.1) is 13.2 Å². The third-order valence-corrected chi connectivity index (χ3v) is 6.20. The number of aromatic nitrogens is 2. The number of benzene rings is 1. The van der Waals surface area contributed by atoms with E-state index in [2.05, 4.69) is 22.1 Å². The van der Waals surface area contributed by atoms with Crippen LogP contribution in [-0.4, -0.2) is 63.8 Å². The largest absolute Gasteiger partial charge is 0.375 e. The molecule has 3 heterocycles. The molecule has 0 saturated carbocycles. The summed E-state index contributed by atoms with van der Waals surface area (Å²) in [5, 5.41) is 3.99. The van der Waals surface area contributed by atoms with Crippen molar-refractivity contribution in [1.29, 1.82) is 0 Å². The summed E-state index contributed by atoms with van der Waals surface area (Å²) in [6, 6.07) is 14.3. The monoisotopic (exact) mass is 410 g/mol. The minimum absolute atomic E-state index is 0.0179. The molecule has 30 heavy (non-hydrogen) atoms. The molecular weight excluding hydrogens is 380 g/mol. The molecule has 0 aliphatic carbocycles. The standard InChI is InChI=1S/C23H30N4O3/c28-22-9-4-12-24-27(22)16-23(29)25-14-10-20(11-15-25)26-13-5-8-21(26)18-30-17-19-6-2-1-3-7-19/h1-4,6-7,9,12,20-21H,5,8,10-11,13-18H2/t21-/m1/s1. The average Bonchev–Trinajstić information content (AvgIpc) is 3.25. The quantitative estimate of drug-likeness (QED) is 0.698. The van der Waals surface area contributed by atoms with Crippen molar-refractivity contribution in [2.75, 3.05) is 26.2 Å². The highest BCUT2D eigenvalue weighted by atomic mass is 16.5. The molecule has 2 fully saturated rings. The van der Waals surface area contributed by atoms with Crippen LogP contribution >= 0.6 is 0 Å². The van der Waals surface area contributed by atoms with Crippen LogP contribution in [0.25, 0.3) is 0 Å². The van der Waals surface area contributed by atoms with Crippen LogP contribution in [-0.2, 0) is 22.7 Å². The molecule has 0 spiro atoms. The maximum atomic E-state index is 12.6. The molecule has 2 aliphatic heterocycles. The number of piperidine rings is 1. The molecule has 2 aliphatic rings. The Labute approximate surface area is 177 Å². The van der Waals surface area contributed by atoms with E-state index >= 15 is 0 Å². The second-order valence-electron chi connectivity index (χ2n) is 8.17. The van der Waals surface area contributed by atoms with E-state index in [1.807, 2.05) is 23.1 Å². The van der Waals surface area contributed by atoms with Crippen LogP contribution in [0.5, 0.6) is 0 Å². The third kappa shape index (κ3) is 5.15. The maximum Gasteiger partial charge on any atom is 0.267 e. The smallest absolute Gasteiger partial charge is 0.267 e. The Balaban J connectivity index is 1.24. The average molecular weight is 411 g/mol. The highest BCUT2D eigenvalue weighted by Crippen LogP contribution is 2.26. The van der Waals surface area contributed by atoms with Crippen LogP contribution in [0.3, 0.4) is 0 Å². The second-order valence-corrected chi connectivity index (χ2v) is 8.17. The Morgan fingerprint density at radius 1 is 1.03 bits per heavy atom. The number of carbonyl (C=O) groups excluding carboxylic acids is 1. The number of likely N-dealkylation sites (tertiary alicyclic amines) is 2. The van der Waals surface area contributed by atoms with Crippen molar-refractivity contribution >= 4 is 5.91 Å². The highest BCUT2D eigenvalue weighted by Gasteiger charge is 2.33. The lowest BCUT2D eigenvalue weighted by molar-refractivity contribution is -0.133. The van der Waals surface area contributed by atoms with Gasteiger partial charge in [0.15, 0.2) is 0 Å². The van der Waals surface area contributed by atoms with Crippen molar-refractivity contribution in [2.24, 2.45) is 0 Å². The minimum atomic E-state index is -0.240. The summed E-state index contributed by atoms with van der Waals surface area (Å²) in [4.78, 5) is 28.8. The van der Waals surface area contributed by atoms with Crippen LogP contribution in [0.1, 0.15) is 31.2 Å². The molecule has 1 amide bonds. The topological polar surface area (TPSA) is 67.7 Å². The number of hydrogen-bond donors (Lipinski definition) is 0. The molecule has 4 rings (SSSR count). The van der Waals surface area contributed by atoms with Gasteiger partial charge in [-0.05, 0) is 43.9 Å². The van der Waals surface area contributed by atoms with Crippen LogP contribution < -0.4 is 5.56 Å². The first-order valence-corrected chi connectivity index (χ1v) is 10.9. The molecule has 160 valence electrons. The SMILES string of the molecule is O=C(Cn1ncccc1=O)N1CCC(N2CCC[C@@H]2COCc2ccccc2)CC1. The van der Waals surface area contributed by atoms with Crippen molar-refractivity contribution in [1.82, 2.24) is 19.6 Å². The Kier molecular flexibility index (Phi) is 6.92. The van der Waals surface area contributed by atoms with E-state index in [0.717, 1.165) is 39.1 Å². The number of carbonyl (C=O) groups is 1. The van der Waals surface area contributed by atoms with Gasteiger partial charge >= 0.3 is 0 Å². The van der Waals surface area contributed by atoms with Gasteiger partial charge in [0.25, 0.3) is 5.56 Å². The molecule has 0 unspecified atom stereocenters. The molecule has 7 heteroatoms. The predicted octanol–water partition coefficient (Wildman–Crippen LogP) is 1.92. The number of rotatable bonds is 7. The molecule has 1 aromatic carbocycles. The van der Waals surface area contributed by atoms with Crippen molar-refractivity contribution < 1.29 is 9.53 Å². The maximum absolute atomic E-state index is 12.6. The molecule has 0 radical (unpaired) electrons. The van der Waals surface area contributed by atoms with Crippen molar-refractivity contribution in [3.63, 3.8) is 0 Å². The van der Waals surface area contributed by atoms with Crippen LogP contribution in [0.2, 0.25) is 0 Å². The van der Waals surface area contributed by atoms with E-state index in [4.69, 9.17) is 4.74 Å². The van der Waals surface area contributed by atoms with Crippen molar-refractivity contribution in [3.8, 4) is 0 Å². The molecule has 1 atom stereocenters. The summed E-state index contributed by atoms with van der Waals surface area (Å²) < 4.78 is 7.25. The highest BCUT2D eigenvalue weighted by molar-refractivity contribution is 5.76. The number of hydrogen-bond acceptors (Lipinski definition) is 5. The van der Waals surface area contributed by atoms with Gasteiger partial charge in [-0.3, -0.25) is 14.5 Å². The van der Waals surface area contributed by atoms with Crippen LogP contribution in [0.15, 0.2) is 53.5 Å². The molecule has 2 aromatic rings. The number of ether oxygens (including phenoxy) is 1. The van der Waals surface area contributed by atoms with Crippen molar-refractivity contribution in [3.05, 3.63) is 64.6 Å². The molecule has 0 N–H and O–H groups in total. The molecular formula is C23H30N4O3. The van der Waals surface area contributed by atoms with Gasteiger partial charge in [-0.15, -0.1) is 0 Å².